The number of nitrogens with one attached hydrogen (secondary N) is 3. The third kappa shape index (κ3) is 5.37. The van der Waals surface area contributed by atoms with E-state index in [-0.39, 0.29) is 17.4 Å². The number of hydrogen-bond donors (Lipinski definition) is 4. The first-order valence-electron chi connectivity index (χ1n) is 13.8. The number of carbonyl (C=O) groups excluding carboxylic acids is 1. The Morgan fingerprint density at radius 3 is 2.67 bits per heavy atom. The van der Waals surface area contributed by atoms with Crippen molar-refractivity contribution in [2.45, 2.75) is 81.1 Å². The normalized spacial score (nSPS) is 33.5. The van der Waals surface area contributed by atoms with Gasteiger partial charge in [0.25, 0.3) is 0 Å². The number of likely N-dealkylation sites (tertiary alicyclic amines) is 1. The Bertz CT molecular complexity index is 891. The molecule has 0 radical (unpaired) electrons. The molecule has 36 heavy (non-hydrogen) atoms. The minimum Gasteiger partial charge on any atom is -0.488 e. The van der Waals surface area contributed by atoms with Crippen LogP contribution in [0.2, 0.25) is 0 Å². The van der Waals surface area contributed by atoms with E-state index in [0.717, 1.165) is 38.8 Å². The molecule has 0 spiro atoms. The smallest absolute Gasteiger partial charge is 0.233 e. The number of rotatable bonds is 5. The van der Waals surface area contributed by atoms with Crippen LogP contribution in [-0.2, 0) is 4.79 Å². The fourth-order valence-corrected chi connectivity index (χ4v) is 6.91. The molecule has 0 bridgehead atoms. The summed E-state index contributed by atoms with van der Waals surface area (Å²) in [7, 11) is 2.13. The maximum absolute atomic E-state index is 14.0. The monoisotopic (exact) mass is 519 g/mol. The first-order chi connectivity index (χ1) is 17.5. The minimum absolute atomic E-state index is 0.0407. The topological polar surface area (TPSA) is 108 Å². The number of amides is 1. The third-order valence-corrected chi connectivity index (χ3v) is 8.87. The van der Waals surface area contributed by atoms with Crippen molar-refractivity contribution in [3.8, 4) is 5.75 Å². The summed E-state index contributed by atoms with van der Waals surface area (Å²) in [5, 5.41) is 9.00. The van der Waals surface area contributed by atoms with Gasteiger partial charge in [0.1, 0.15) is 29.1 Å². The van der Waals surface area contributed by atoms with Crippen LogP contribution in [-0.4, -0.2) is 77.3 Å². The molecule has 1 amide bonds. The number of carbonyl (C=O) groups is 1. The summed E-state index contributed by atoms with van der Waals surface area (Å²) in [4.78, 5) is 20.6. The highest BCUT2D eigenvalue weighted by Crippen LogP contribution is 2.44. The standard InChI is InChI=1S/C26H42ClN7O2/c1-33-13-10-20(11-14-33)36-22-9-12-29-16-21(22)31-25(35)23-24(28)32-34-17-19(27)15-30-26(23,34)18-7-5-3-2-4-6-8-18/h9,12,16,18-20,23-24,30,32H,2-8,10-11,13-15,17,28H2,1H3,(H,31,35). The maximum Gasteiger partial charge on any atom is 0.233 e. The van der Waals surface area contributed by atoms with Crippen LogP contribution in [0.4, 0.5) is 5.69 Å². The number of aromatic nitrogens is 1. The molecule has 9 nitrogen and oxygen atoms in total. The molecular formula is C26H42ClN7O2. The van der Waals surface area contributed by atoms with E-state index in [1.807, 2.05) is 6.07 Å². The van der Waals surface area contributed by atoms with E-state index in [9.17, 15) is 4.79 Å². The van der Waals surface area contributed by atoms with Gasteiger partial charge in [-0.05, 0) is 38.6 Å². The van der Waals surface area contributed by atoms with Gasteiger partial charge in [-0.3, -0.25) is 15.1 Å². The molecule has 5 rings (SSSR count). The molecule has 4 heterocycles. The predicted molar refractivity (Wildman–Crippen MR) is 142 cm³/mol. The first kappa shape index (κ1) is 26.1. The zero-order chi connectivity index (χ0) is 25.1. The largest absolute Gasteiger partial charge is 0.488 e. The molecule has 1 aliphatic carbocycles. The van der Waals surface area contributed by atoms with Crippen LogP contribution in [0, 0.1) is 11.8 Å². The summed E-state index contributed by atoms with van der Waals surface area (Å²) < 4.78 is 6.35. The van der Waals surface area contributed by atoms with Gasteiger partial charge in [0.2, 0.25) is 5.91 Å². The molecule has 1 aromatic heterocycles. The van der Waals surface area contributed by atoms with Gasteiger partial charge in [-0.2, -0.15) is 0 Å². The van der Waals surface area contributed by atoms with Crippen LogP contribution in [0.15, 0.2) is 18.5 Å². The highest BCUT2D eigenvalue weighted by Gasteiger charge is 2.61. The van der Waals surface area contributed by atoms with Gasteiger partial charge in [0.05, 0.1) is 17.7 Å². The number of nitrogens with zero attached hydrogens (tertiary/aromatic N) is 3. The number of hydrogen-bond acceptors (Lipinski definition) is 8. The number of hydrazine groups is 1. The Labute approximate surface area is 219 Å². The van der Waals surface area contributed by atoms with Gasteiger partial charge in [-0.25, -0.2) is 10.4 Å². The molecule has 4 aliphatic rings. The summed E-state index contributed by atoms with van der Waals surface area (Å²) in [5.74, 6) is 0.383. The number of anilines is 1. The van der Waals surface area contributed by atoms with E-state index < -0.39 is 17.7 Å². The van der Waals surface area contributed by atoms with Crippen molar-refractivity contribution < 1.29 is 9.53 Å². The molecule has 1 saturated carbocycles. The Kier molecular flexibility index (Phi) is 8.34. The highest BCUT2D eigenvalue weighted by atomic mass is 35.5. The second-order valence-electron chi connectivity index (χ2n) is 11.1. The fraction of sp³-hybridized carbons (Fsp3) is 0.769. The van der Waals surface area contributed by atoms with Crippen molar-refractivity contribution in [1.29, 1.82) is 0 Å². The van der Waals surface area contributed by atoms with Crippen molar-refractivity contribution in [3.05, 3.63) is 18.5 Å². The van der Waals surface area contributed by atoms with Crippen LogP contribution in [0.1, 0.15) is 57.8 Å². The Morgan fingerprint density at radius 1 is 1.19 bits per heavy atom. The predicted octanol–water partition coefficient (Wildman–Crippen LogP) is 2.48. The Morgan fingerprint density at radius 2 is 1.92 bits per heavy atom. The van der Waals surface area contributed by atoms with E-state index in [1.165, 1.54) is 32.1 Å². The second-order valence-corrected chi connectivity index (χ2v) is 11.7. The number of ether oxygens (including phenoxy) is 1. The zero-order valence-electron chi connectivity index (χ0n) is 21.4. The van der Waals surface area contributed by atoms with Crippen LogP contribution >= 0.6 is 11.6 Å². The average molecular weight is 520 g/mol. The summed E-state index contributed by atoms with van der Waals surface area (Å²) in [6, 6.07) is 1.84. The van der Waals surface area contributed by atoms with Gasteiger partial charge >= 0.3 is 0 Å². The number of halogens is 1. The molecule has 3 aliphatic heterocycles. The molecule has 4 unspecified atom stereocenters. The number of piperidine rings is 1. The Balaban J connectivity index is 1.38. The molecule has 4 atom stereocenters. The molecular weight excluding hydrogens is 478 g/mol. The molecule has 200 valence electrons. The lowest BCUT2D eigenvalue weighted by Crippen LogP contribution is -2.71. The number of fused-ring (bicyclic) bond motifs is 1. The lowest BCUT2D eigenvalue weighted by Gasteiger charge is -2.51. The van der Waals surface area contributed by atoms with Crippen molar-refractivity contribution in [1.82, 2.24) is 25.6 Å². The second kappa shape index (κ2) is 11.5. The van der Waals surface area contributed by atoms with Gasteiger partial charge in [-0.15, -0.1) is 11.6 Å². The summed E-state index contributed by atoms with van der Waals surface area (Å²) >= 11 is 6.56. The lowest BCUT2D eigenvalue weighted by molar-refractivity contribution is -0.128. The van der Waals surface area contributed by atoms with Crippen molar-refractivity contribution in [2.75, 3.05) is 38.5 Å². The number of nitrogens with two attached hydrogens (primary N) is 1. The molecule has 0 aromatic carbocycles. The quantitative estimate of drug-likeness (QED) is 0.439. The van der Waals surface area contributed by atoms with Crippen molar-refractivity contribution >= 4 is 23.2 Å². The van der Waals surface area contributed by atoms with E-state index >= 15 is 0 Å². The first-order valence-corrected chi connectivity index (χ1v) is 14.2. The fourth-order valence-electron chi connectivity index (χ4n) is 6.70. The molecule has 3 saturated heterocycles. The lowest BCUT2D eigenvalue weighted by atomic mass is 9.73. The minimum atomic E-state index is -0.566. The van der Waals surface area contributed by atoms with Crippen LogP contribution in [0.25, 0.3) is 0 Å². The van der Waals surface area contributed by atoms with Gasteiger partial charge < -0.3 is 20.7 Å². The van der Waals surface area contributed by atoms with E-state index in [2.05, 4.69) is 38.0 Å². The third-order valence-electron chi connectivity index (χ3n) is 8.58. The molecule has 1 aromatic rings. The highest BCUT2D eigenvalue weighted by molar-refractivity contribution is 6.21. The van der Waals surface area contributed by atoms with E-state index in [1.54, 1.807) is 12.4 Å². The van der Waals surface area contributed by atoms with Crippen molar-refractivity contribution in [3.63, 3.8) is 0 Å². The summed E-state index contributed by atoms with van der Waals surface area (Å²) in [6.45, 7) is 3.32. The number of alkyl halides is 1. The van der Waals surface area contributed by atoms with Gasteiger partial charge in [0.15, 0.2) is 0 Å². The van der Waals surface area contributed by atoms with Crippen LogP contribution in [0.3, 0.4) is 0 Å². The van der Waals surface area contributed by atoms with Crippen LogP contribution < -0.4 is 26.5 Å². The maximum atomic E-state index is 14.0. The molecule has 10 heteroatoms. The van der Waals surface area contributed by atoms with E-state index in [0.29, 0.717) is 30.4 Å². The van der Waals surface area contributed by atoms with Gasteiger partial charge in [-0.1, -0.05) is 32.1 Å². The van der Waals surface area contributed by atoms with Gasteiger partial charge in [0, 0.05) is 38.4 Å². The molecule has 4 fully saturated rings. The number of pyridine rings is 1. The summed E-state index contributed by atoms with van der Waals surface area (Å²) in [5.41, 5.74) is 10.1. The SMILES string of the molecule is CN1CCC(Oc2ccncc2NC(=O)C2C(N)NN3CC(Cl)CNC23C2CCCCCCC2)CC1. The van der Waals surface area contributed by atoms with Crippen molar-refractivity contribution in [2.24, 2.45) is 17.6 Å². The summed E-state index contributed by atoms with van der Waals surface area (Å²) in [6.07, 6.45) is 13.2. The Hall–Kier alpha value is -1.49. The van der Waals surface area contributed by atoms with E-state index in [4.69, 9.17) is 22.1 Å². The van der Waals surface area contributed by atoms with Crippen LogP contribution in [0.5, 0.6) is 5.75 Å². The molecule has 5 N–H and O–H groups in total. The zero-order valence-corrected chi connectivity index (χ0v) is 22.2. The average Bonchev–Trinajstić information content (AvgIpc) is 3.13.